The average Bonchev–Trinajstić information content (AvgIpc) is 3.41. The van der Waals surface area contributed by atoms with Crippen molar-refractivity contribution in [3.05, 3.63) is 47.3 Å². The molecular weight excluding hydrogens is 535 g/mol. The molecule has 2 aliphatic rings. The fourth-order valence-corrected chi connectivity index (χ4v) is 5.96. The fraction of sp³-hybridized carbons (Fsp3) is 0.600. The van der Waals surface area contributed by atoms with E-state index in [0.717, 1.165) is 38.5 Å². The van der Waals surface area contributed by atoms with Gasteiger partial charge in [-0.25, -0.2) is 9.97 Å². The number of carbonyl (C=O) groups excluding carboxylic acids is 2. The molecule has 3 atom stereocenters. The number of ketones is 1. The number of amides is 1. The van der Waals surface area contributed by atoms with Crippen LogP contribution < -0.4 is 5.32 Å². The first-order valence-corrected chi connectivity index (χ1v) is 14.4. The molecule has 2 fully saturated rings. The van der Waals surface area contributed by atoms with E-state index in [9.17, 15) is 27.9 Å². The summed E-state index contributed by atoms with van der Waals surface area (Å²) in [6.45, 7) is 3.57. The zero-order valence-corrected chi connectivity index (χ0v) is 24.0. The number of aliphatic hydroxyl groups is 1. The Morgan fingerprint density at radius 2 is 1.83 bits per heavy atom. The summed E-state index contributed by atoms with van der Waals surface area (Å²) >= 11 is 0. The Kier molecular flexibility index (Phi) is 10.0. The van der Waals surface area contributed by atoms with Crippen molar-refractivity contribution in [2.75, 3.05) is 39.1 Å². The fourth-order valence-electron chi connectivity index (χ4n) is 5.96. The molecule has 11 heteroatoms. The predicted octanol–water partition coefficient (Wildman–Crippen LogP) is 4.95. The van der Waals surface area contributed by atoms with Crippen molar-refractivity contribution >= 4 is 23.3 Å². The lowest BCUT2D eigenvalue weighted by Gasteiger charge is -2.35. The van der Waals surface area contributed by atoms with Crippen molar-refractivity contribution in [3.63, 3.8) is 0 Å². The Morgan fingerprint density at radius 1 is 1.15 bits per heavy atom. The van der Waals surface area contributed by atoms with Crippen molar-refractivity contribution < 1.29 is 27.9 Å². The number of piperidine rings is 1. The van der Waals surface area contributed by atoms with Gasteiger partial charge in [0.1, 0.15) is 5.78 Å². The van der Waals surface area contributed by atoms with Crippen LogP contribution in [0.15, 0.2) is 30.5 Å². The number of anilines is 2. The molecule has 4 rings (SSSR count). The van der Waals surface area contributed by atoms with Crippen LogP contribution in [0.4, 0.5) is 24.8 Å². The number of alkyl halides is 3. The summed E-state index contributed by atoms with van der Waals surface area (Å²) in [4.78, 5) is 38.0. The molecule has 41 heavy (non-hydrogen) atoms. The Bertz CT molecular complexity index is 1200. The van der Waals surface area contributed by atoms with Gasteiger partial charge >= 0.3 is 6.18 Å². The first kappa shape index (κ1) is 30.9. The van der Waals surface area contributed by atoms with Crippen molar-refractivity contribution in [1.82, 2.24) is 19.8 Å². The quantitative estimate of drug-likeness (QED) is 0.414. The molecule has 8 nitrogen and oxygen atoms in total. The summed E-state index contributed by atoms with van der Waals surface area (Å²) in [5.41, 5.74) is 0.0313. The van der Waals surface area contributed by atoms with E-state index in [1.165, 1.54) is 0 Å². The highest BCUT2D eigenvalue weighted by Crippen LogP contribution is 2.39. The number of Topliss-reactive ketones (excluding diaryl/α,β-unsaturated/α-hetero) is 1. The highest BCUT2D eigenvalue weighted by atomic mass is 19.4. The standard InChI is InChI=1S/C30H40F3N5O3/c1-19(18-39)15-27(40)24-6-4-5-21(24)16-26-25(30(31,32)33)17-34-29(36-26)35-22-9-7-20(8-10-22)28(41)38(3)23-11-13-37(2)14-12-23/h7-10,17,19,21,23-24,39H,4-6,11-16,18H2,1-3H3,(H,34,35,36)/t19-,21-,24-/m0/s1. The Morgan fingerprint density at radius 3 is 2.46 bits per heavy atom. The van der Waals surface area contributed by atoms with E-state index in [2.05, 4.69) is 27.2 Å². The summed E-state index contributed by atoms with van der Waals surface area (Å²) < 4.78 is 41.6. The average molecular weight is 576 g/mol. The van der Waals surface area contributed by atoms with Crippen LogP contribution in [0.3, 0.4) is 0 Å². The molecule has 0 bridgehead atoms. The topological polar surface area (TPSA) is 98.7 Å². The van der Waals surface area contributed by atoms with E-state index in [4.69, 9.17) is 0 Å². The van der Waals surface area contributed by atoms with Crippen LogP contribution in [0.25, 0.3) is 0 Å². The number of hydrogen-bond donors (Lipinski definition) is 2. The number of aromatic nitrogens is 2. The van der Waals surface area contributed by atoms with E-state index >= 15 is 0 Å². The smallest absolute Gasteiger partial charge is 0.396 e. The van der Waals surface area contributed by atoms with Gasteiger partial charge in [-0.1, -0.05) is 13.3 Å². The predicted molar refractivity (Wildman–Crippen MR) is 150 cm³/mol. The highest BCUT2D eigenvalue weighted by Gasteiger charge is 2.39. The summed E-state index contributed by atoms with van der Waals surface area (Å²) in [5.74, 6) is -0.830. The lowest BCUT2D eigenvalue weighted by Crippen LogP contribution is -2.44. The summed E-state index contributed by atoms with van der Waals surface area (Å²) in [5, 5.41) is 12.3. The van der Waals surface area contributed by atoms with Gasteiger partial charge in [0.05, 0.1) is 11.3 Å². The van der Waals surface area contributed by atoms with Crippen molar-refractivity contribution in [2.24, 2.45) is 17.8 Å². The van der Waals surface area contributed by atoms with E-state index in [1.54, 1.807) is 36.1 Å². The number of likely N-dealkylation sites (tertiary alicyclic amines) is 1. The molecule has 1 saturated heterocycles. The molecule has 0 radical (unpaired) electrons. The molecule has 0 spiro atoms. The molecule has 1 aromatic heterocycles. The summed E-state index contributed by atoms with van der Waals surface area (Å²) in [6.07, 6.45) is 0.293. The van der Waals surface area contributed by atoms with Gasteiger partial charge in [0.25, 0.3) is 5.91 Å². The van der Waals surface area contributed by atoms with Crippen LogP contribution in [0.5, 0.6) is 0 Å². The van der Waals surface area contributed by atoms with Crippen LogP contribution in [-0.2, 0) is 17.4 Å². The second kappa shape index (κ2) is 13.3. The van der Waals surface area contributed by atoms with Crippen LogP contribution in [-0.4, -0.2) is 76.4 Å². The minimum Gasteiger partial charge on any atom is -0.396 e. The molecule has 2 heterocycles. The number of hydrogen-bond acceptors (Lipinski definition) is 7. The first-order chi connectivity index (χ1) is 19.5. The van der Waals surface area contributed by atoms with Crippen molar-refractivity contribution in [1.29, 1.82) is 0 Å². The number of rotatable bonds is 10. The van der Waals surface area contributed by atoms with Crippen LogP contribution in [0.1, 0.15) is 67.1 Å². The van der Waals surface area contributed by atoms with E-state index < -0.39 is 11.7 Å². The zero-order valence-electron chi connectivity index (χ0n) is 24.0. The van der Waals surface area contributed by atoms with Crippen molar-refractivity contribution in [3.8, 4) is 0 Å². The lowest BCUT2D eigenvalue weighted by molar-refractivity contribution is -0.138. The molecule has 2 aromatic rings. The highest BCUT2D eigenvalue weighted by molar-refractivity contribution is 5.94. The number of halogens is 3. The van der Waals surface area contributed by atoms with Gasteiger partial charge in [0, 0.05) is 49.5 Å². The number of carbonyl (C=O) groups is 2. The van der Waals surface area contributed by atoms with Gasteiger partial charge in [0.2, 0.25) is 5.95 Å². The minimum absolute atomic E-state index is 0.00822. The maximum atomic E-state index is 13.9. The van der Waals surface area contributed by atoms with Gasteiger partial charge < -0.3 is 20.2 Å². The molecule has 2 N–H and O–H groups in total. The molecule has 1 amide bonds. The maximum absolute atomic E-state index is 13.9. The Labute approximate surface area is 239 Å². The number of aliphatic hydroxyl groups excluding tert-OH is 1. The number of nitrogens with zero attached hydrogens (tertiary/aromatic N) is 4. The minimum atomic E-state index is -4.63. The molecule has 0 unspecified atom stereocenters. The lowest BCUT2D eigenvalue weighted by atomic mass is 9.84. The van der Waals surface area contributed by atoms with Gasteiger partial charge in [0.15, 0.2) is 0 Å². The second-order valence-electron chi connectivity index (χ2n) is 11.7. The van der Waals surface area contributed by atoms with E-state index in [0.29, 0.717) is 24.1 Å². The van der Waals surface area contributed by atoms with Crippen LogP contribution in [0, 0.1) is 17.8 Å². The molecular formula is C30H40F3N5O3. The largest absolute Gasteiger partial charge is 0.419 e. The molecule has 1 saturated carbocycles. The van der Waals surface area contributed by atoms with Gasteiger partial charge in [-0.2, -0.15) is 13.2 Å². The van der Waals surface area contributed by atoms with Gasteiger partial charge in [-0.15, -0.1) is 0 Å². The summed E-state index contributed by atoms with van der Waals surface area (Å²) in [6, 6.07) is 6.92. The van der Waals surface area contributed by atoms with Gasteiger partial charge in [-0.05, 0) is 88.3 Å². The summed E-state index contributed by atoms with van der Waals surface area (Å²) in [7, 11) is 3.89. The van der Waals surface area contributed by atoms with Crippen molar-refractivity contribution in [2.45, 2.75) is 64.1 Å². The zero-order chi connectivity index (χ0) is 29.7. The van der Waals surface area contributed by atoms with E-state index in [-0.39, 0.29) is 66.6 Å². The third-order valence-electron chi connectivity index (χ3n) is 8.51. The number of nitrogens with one attached hydrogen (secondary N) is 1. The molecule has 224 valence electrons. The first-order valence-electron chi connectivity index (χ1n) is 14.4. The third-order valence-corrected chi connectivity index (χ3v) is 8.51. The van der Waals surface area contributed by atoms with E-state index in [1.807, 2.05) is 7.05 Å². The monoisotopic (exact) mass is 575 g/mol. The SMILES string of the molecule is C[C@H](CO)CC(=O)[C@H]1CCC[C@H]1Cc1nc(Nc2ccc(C(=O)N(C)C3CCN(C)CC3)cc2)ncc1C(F)(F)F. The second-order valence-corrected chi connectivity index (χ2v) is 11.7. The molecule has 1 aromatic carbocycles. The van der Waals surface area contributed by atoms with Gasteiger partial charge in [-0.3, -0.25) is 9.59 Å². The number of benzene rings is 1. The van der Waals surface area contributed by atoms with Crippen LogP contribution >= 0.6 is 0 Å². The Balaban J connectivity index is 1.47. The normalized spacial score (nSPS) is 21.0. The molecule has 1 aliphatic carbocycles. The maximum Gasteiger partial charge on any atom is 0.419 e. The molecule has 1 aliphatic heterocycles. The third kappa shape index (κ3) is 7.82. The Hall–Kier alpha value is -3.05. The van der Waals surface area contributed by atoms with Crippen LogP contribution in [0.2, 0.25) is 0 Å².